The van der Waals surface area contributed by atoms with E-state index in [0.29, 0.717) is 4.21 Å². The Labute approximate surface area is 126 Å². The van der Waals surface area contributed by atoms with Crippen LogP contribution in [0.3, 0.4) is 0 Å². The summed E-state index contributed by atoms with van der Waals surface area (Å²) in [5.74, 6) is 2.05. The number of hydrogen-bond acceptors (Lipinski definition) is 4. The van der Waals surface area contributed by atoms with Crippen LogP contribution in [-0.2, 0) is 10.0 Å². The predicted octanol–water partition coefficient (Wildman–Crippen LogP) is 3.63. The Morgan fingerprint density at radius 3 is 2.72 bits per heavy atom. The van der Waals surface area contributed by atoms with E-state index in [0.717, 1.165) is 27.3 Å². The van der Waals surface area contributed by atoms with Gasteiger partial charge in [-0.2, -0.15) is 11.8 Å². The number of halogens is 1. The number of hydrogen-bond donors (Lipinski definition) is 1. The Morgan fingerprint density at radius 1 is 1.56 bits per heavy atom. The molecule has 3 nitrogen and oxygen atoms in total. The summed E-state index contributed by atoms with van der Waals surface area (Å²) in [4.78, 5) is 0. The molecule has 1 aromatic heterocycles. The van der Waals surface area contributed by atoms with E-state index in [-0.39, 0.29) is 6.04 Å². The summed E-state index contributed by atoms with van der Waals surface area (Å²) >= 11 is 6.43. The fraction of sp³-hybridized carbons (Fsp3) is 0.636. The molecule has 0 aliphatic rings. The van der Waals surface area contributed by atoms with Gasteiger partial charge in [-0.05, 0) is 59.3 Å². The quantitative estimate of drug-likeness (QED) is 0.744. The van der Waals surface area contributed by atoms with Gasteiger partial charge in [-0.15, -0.1) is 11.3 Å². The fourth-order valence-electron chi connectivity index (χ4n) is 1.35. The van der Waals surface area contributed by atoms with Crippen molar-refractivity contribution in [3.8, 4) is 0 Å². The van der Waals surface area contributed by atoms with Crippen LogP contribution in [0.25, 0.3) is 0 Å². The lowest BCUT2D eigenvalue weighted by atomic mass is 10.3. The summed E-state index contributed by atoms with van der Waals surface area (Å²) in [6.45, 7) is 5.90. The molecule has 1 aromatic rings. The molecule has 1 rings (SSSR count). The molecule has 104 valence electrons. The van der Waals surface area contributed by atoms with Gasteiger partial charge in [0.15, 0.2) is 0 Å². The first-order valence-corrected chi connectivity index (χ1v) is 9.97. The van der Waals surface area contributed by atoms with Crippen molar-refractivity contribution in [1.29, 1.82) is 0 Å². The monoisotopic (exact) mass is 371 g/mol. The summed E-state index contributed by atoms with van der Waals surface area (Å²) in [6, 6.07) is 1.67. The largest absolute Gasteiger partial charge is 0.250 e. The van der Waals surface area contributed by atoms with Crippen LogP contribution in [-0.4, -0.2) is 26.0 Å². The Kier molecular flexibility index (Phi) is 6.67. The van der Waals surface area contributed by atoms with Gasteiger partial charge in [-0.25, -0.2) is 13.1 Å². The van der Waals surface area contributed by atoms with Gasteiger partial charge in [0, 0.05) is 6.04 Å². The minimum Gasteiger partial charge on any atom is -0.208 e. The fourth-order valence-corrected chi connectivity index (χ4v) is 5.68. The van der Waals surface area contributed by atoms with Gasteiger partial charge in [-0.1, -0.05) is 6.92 Å². The van der Waals surface area contributed by atoms with E-state index in [1.54, 1.807) is 6.07 Å². The molecule has 1 atom stereocenters. The molecule has 7 heteroatoms. The summed E-state index contributed by atoms with van der Waals surface area (Å²) < 4.78 is 28.2. The summed E-state index contributed by atoms with van der Waals surface area (Å²) in [5, 5.41) is 0. The van der Waals surface area contributed by atoms with Gasteiger partial charge >= 0.3 is 0 Å². The van der Waals surface area contributed by atoms with Crippen LogP contribution in [0, 0.1) is 6.92 Å². The third kappa shape index (κ3) is 4.85. The SMILES string of the molecule is CCSCCC(C)NS(=O)(=O)c1cc(C)c(Br)s1. The van der Waals surface area contributed by atoms with E-state index in [1.807, 2.05) is 25.6 Å². The molecule has 0 saturated heterocycles. The van der Waals surface area contributed by atoms with Crippen LogP contribution < -0.4 is 4.72 Å². The van der Waals surface area contributed by atoms with Crippen LogP contribution in [0.5, 0.6) is 0 Å². The molecule has 0 aliphatic heterocycles. The van der Waals surface area contributed by atoms with Gasteiger partial charge in [0.2, 0.25) is 10.0 Å². The molecule has 0 saturated carbocycles. The molecule has 0 bridgehead atoms. The Bertz CT molecular complexity index is 465. The first-order chi connectivity index (χ1) is 8.36. The molecule has 1 unspecified atom stereocenters. The topological polar surface area (TPSA) is 46.2 Å². The number of sulfonamides is 1. The lowest BCUT2D eigenvalue weighted by Gasteiger charge is -2.12. The van der Waals surface area contributed by atoms with Crippen molar-refractivity contribution in [2.45, 2.75) is 37.4 Å². The molecule has 0 spiro atoms. The van der Waals surface area contributed by atoms with E-state index in [9.17, 15) is 8.42 Å². The van der Waals surface area contributed by atoms with E-state index in [2.05, 4.69) is 27.6 Å². The highest BCUT2D eigenvalue weighted by atomic mass is 79.9. The molecule has 1 N–H and O–H groups in total. The maximum absolute atomic E-state index is 12.1. The minimum atomic E-state index is -3.37. The van der Waals surface area contributed by atoms with Crippen molar-refractivity contribution in [3.63, 3.8) is 0 Å². The maximum Gasteiger partial charge on any atom is 0.250 e. The van der Waals surface area contributed by atoms with Crippen LogP contribution in [0.2, 0.25) is 0 Å². The minimum absolute atomic E-state index is 0.0322. The Morgan fingerprint density at radius 2 is 2.22 bits per heavy atom. The highest BCUT2D eigenvalue weighted by molar-refractivity contribution is 9.11. The maximum atomic E-state index is 12.1. The van der Waals surface area contributed by atoms with Crippen LogP contribution in [0.15, 0.2) is 14.1 Å². The van der Waals surface area contributed by atoms with Crippen LogP contribution in [0.4, 0.5) is 0 Å². The van der Waals surface area contributed by atoms with Crippen molar-refractivity contribution >= 4 is 49.1 Å². The van der Waals surface area contributed by atoms with Crippen molar-refractivity contribution in [3.05, 3.63) is 15.4 Å². The zero-order valence-corrected chi connectivity index (χ0v) is 14.7. The smallest absolute Gasteiger partial charge is 0.208 e. The number of rotatable bonds is 7. The van der Waals surface area contributed by atoms with E-state index in [1.165, 1.54) is 11.3 Å². The second kappa shape index (κ2) is 7.28. The van der Waals surface area contributed by atoms with Gasteiger partial charge in [-0.3, -0.25) is 0 Å². The Balaban J connectivity index is 2.64. The third-order valence-electron chi connectivity index (χ3n) is 2.36. The molecule has 0 aromatic carbocycles. The van der Waals surface area contributed by atoms with E-state index < -0.39 is 10.0 Å². The van der Waals surface area contributed by atoms with Gasteiger partial charge in [0.1, 0.15) is 4.21 Å². The lowest BCUT2D eigenvalue weighted by molar-refractivity contribution is 0.559. The summed E-state index contributed by atoms with van der Waals surface area (Å²) in [6.07, 6.45) is 0.850. The van der Waals surface area contributed by atoms with Crippen LogP contribution in [0.1, 0.15) is 25.8 Å². The van der Waals surface area contributed by atoms with Gasteiger partial charge in [0.05, 0.1) is 3.79 Å². The first kappa shape index (κ1) is 16.5. The normalized spacial score (nSPS) is 13.8. The molecular formula is C11H18BrNO2S3. The average molecular weight is 372 g/mol. The molecule has 0 aliphatic carbocycles. The second-order valence-corrected chi connectivity index (χ2v) is 9.73. The molecule has 0 fully saturated rings. The van der Waals surface area contributed by atoms with E-state index in [4.69, 9.17) is 0 Å². The van der Waals surface area contributed by atoms with Crippen molar-refractivity contribution < 1.29 is 8.42 Å². The van der Waals surface area contributed by atoms with E-state index >= 15 is 0 Å². The molecule has 0 radical (unpaired) electrons. The average Bonchev–Trinajstić information content (AvgIpc) is 2.60. The first-order valence-electron chi connectivity index (χ1n) is 5.72. The third-order valence-corrected chi connectivity index (χ3v) is 7.49. The number of nitrogens with one attached hydrogen (secondary N) is 1. The zero-order chi connectivity index (χ0) is 13.8. The number of thiophene rings is 1. The molecule has 0 amide bonds. The second-order valence-electron chi connectivity index (χ2n) is 4.03. The van der Waals surface area contributed by atoms with Crippen LogP contribution >= 0.6 is 39.0 Å². The van der Waals surface area contributed by atoms with Crippen molar-refractivity contribution in [2.75, 3.05) is 11.5 Å². The lowest BCUT2D eigenvalue weighted by Crippen LogP contribution is -2.32. The molecular weight excluding hydrogens is 354 g/mol. The molecule has 18 heavy (non-hydrogen) atoms. The number of aryl methyl sites for hydroxylation is 1. The van der Waals surface area contributed by atoms with Crippen molar-refractivity contribution in [1.82, 2.24) is 4.72 Å². The standard InChI is InChI=1S/C11H18BrNO2S3/c1-4-16-6-5-9(3)13-18(14,15)10-7-8(2)11(12)17-10/h7,9,13H,4-6H2,1-3H3. The Hall–Kier alpha value is 0.440. The van der Waals surface area contributed by atoms with Crippen molar-refractivity contribution in [2.24, 2.45) is 0 Å². The summed E-state index contributed by atoms with van der Waals surface area (Å²) in [5.41, 5.74) is 0.953. The van der Waals surface area contributed by atoms with Gasteiger partial charge in [0.25, 0.3) is 0 Å². The summed E-state index contributed by atoms with van der Waals surface area (Å²) in [7, 11) is -3.37. The predicted molar refractivity (Wildman–Crippen MR) is 84.2 cm³/mol. The van der Waals surface area contributed by atoms with Gasteiger partial charge < -0.3 is 0 Å². The highest BCUT2D eigenvalue weighted by Gasteiger charge is 2.20. The number of thioether (sulfide) groups is 1. The molecule has 1 heterocycles. The highest BCUT2D eigenvalue weighted by Crippen LogP contribution is 2.30. The zero-order valence-electron chi connectivity index (χ0n) is 10.7.